The number of hydrogen-bond donors (Lipinski definition) is 1. The number of thioether (sulfide) groups is 2. The molecule has 1 nitrogen and oxygen atoms in total. The summed E-state index contributed by atoms with van der Waals surface area (Å²) in [6, 6.07) is 4.16. The zero-order valence-corrected chi connectivity index (χ0v) is 11.5. The maximum absolute atomic E-state index is 10.1. The molecule has 0 fully saturated rings. The minimum Gasteiger partial charge on any atom is -0.507 e. The third-order valence-corrected chi connectivity index (χ3v) is 3.51. The van der Waals surface area contributed by atoms with Gasteiger partial charge in [0, 0.05) is 22.6 Å². The Bertz CT molecular complexity index is 334. The summed E-state index contributed by atoms with van der Waals surface area (Å²) in [5.74, 6) is 2.19. The van der Waals surface area contributed by atoms with Crippen molar-refractivity contribution >= 4 is 23.5 Å². The highest BCUT2D eigenvalue weighted by Crippen LogP contribution is 2.30. The van der Waals surface area contributed by atoms with Gasteiger partial charge in [-0.1, -0.05) is 18.2 Å². The summed E-state index contributed by atoms with van der Waals surface area (Å²) in [6.07, 6.45) is 6.86. The van der Waals surface area contributed by atoms with Crippen LogP contribution >= 0.6 is 23.5 Å². The van der Waals surface area contributed by atoms with Crippen molar-refractivity contribution < 1.29 is 5.11 Å². The van der Waals surface area contributed by atoms with Crippen LogP contribution in [0, 0.1) is 0 Å². The van der Waals surface area contributed by atoms with E-state index in [-0.39, 0.29) is 0 Å². The quantitative estimate of drug-likeness (QED) is 0.779. The number of rotatable bonds is 6. The molecule has 0 aliphatic heterocycles. The first kappa shape index (κ1) is 13.5. The van der Waals surface area contributed by atoms with Gasteiger partial charge >= 0.3 is 0 Å². The van der Waals surface area contributed by atoms with Crippen molar-refractivity contribution in [2.45, 2.75) is 17.9 Å². The highest BCUT2D eigenvalue weighted by atomic mass is 32.2. The molecule has 0 saturated heterocycles. The SMILES string of the molecule is C=CCc1cc(CSC)c(O)c(CSC)c1. The van der Waals surface area contributed by atoms with E-state index in [1.54, 1.807) is 23.5 Å². The van der Waals surface area contributed by atoms with Crippen molar-refractivity contribution in [2.24, 2.45) is 0 Å². The van der Waals surface area contributed by atoms with E-state index < -0.39 is 0 Å². The first-order chi connectivity index (χ1) is 7.72. The van der Waals surface area contributed by atoms with Crippen molar-refractivity contribution in [3.8, 4) is 5.75 Å². The predicted molar refractivity (Wildman–Crippen MR) is 76.4 cm³/mol. The molecule has 0 atom stereocenters. The summed E-state index contributed by atoms with van der Waals surface area (Å²) in [7, 11) is 0. The number of phenols is 1. The molecule has 0 unspecified atom stereocenters. The molecule has 0 radical (unpaired) electrons. The van der Waals surface area contributed by atoms with Crippen LogP contribution in [-0.4, -0.2) is 17.6 Å². The number of phenolic OH excluding ortho intramolecular Hbond substituents is 1. The molecule has 1 N–H and O–H groups in total. The standard InChI is InChI=1S/C13H18OS2/c1-4-5-10-6-11(8-15-2)13(14)12(7-10)9-16-3/h4,6-7,14H,1,5,8-9H2,2-3H3. The van der Waals surface area contributed by atoms with E-state index in [0.29, 0.717) is 5.75 Å². The normalized spacial score (nSPS) is 10.4. The van der Waals surface area contributed by atoms with Crippen LogP contribution < -0.4 is 0 Å². The van der Waals surface area contributed by atoms with Gasteiger partial charge in [0.15, 0.2) is 0 Å². The first-order valence-electron chi connectivity index (χ1n) is 5.15. The average Bonchev–Trinajstić information content (AvgIpc) is 2.26. The Morgan fingerprint density at radius 2 is 1.69 bits per heavy atom. The maximum atomic E-state index is 10.1. The van der Waals surface area contributed by atoms with Gasteiger partial charge in [0.05, 0.1) is 0 Å². The third-order valence-electron chi connectivity index (χ3n) is 2.31. The Kier molecular flexibility index (Phi) is 5.85. The van der Waals surface area contributed by atoms with Crippen LogP contribution in [0.15, 0.2) is 24.8 Å². The number of aromatic hydroxyl groups is 1. The zero-order valence-electron chi connectivity index (χ0n) is 9.82. The Morgan fingerprint density at radius 1 is 1.19 bits per heavy atom. The minimum absolute atomic E-state index is 0.469. The van der Waals surface area contributed by atoms with Crippen molar-refractivity contribution in [2.75, 3.05) is 12.5 Å². The second-order valence-electron chi connectivity index (χ2n) is 3.62. The van der Waals surface area contributed by atoms with Gasteiger partial charge in [-0.25, -0.2) is 0 Å². The molecule has 88 valence electrons. The van der Waals surface area contributed by atoms with Crippen LogP contribution in [0.4, 0.5) is 0 Å². The molecule has 16 heavy (non-hydrogen) atoms. The van der Waals surface area contributed by atoms with Crippen molar-refractivity contribution in [1.29, 1.82) is 0 Å². The van der Waals surface area contributed by atoms with Crippen LogP contribution in [0.1, 0.15) is 16.7 Å². The largest absolute Gasteiger partial charge is 0.507 e. The second-order valence-corrected chi connectivity index (χ2v) is 5.35. The lowest BCUT2D eigenvalue weighted by atomic mass is 10.0. The van der Waals surface area contributed by atoms with Gasteiger partial charge < -0.3 is 5.11 Å². The van der Waals surface area contributed by atoms with Crippen molar-refractivity contribution in [3.05, 3.63) is 41.5 Å². The van der Waals surface area contributed by atoms with Crippen LogP contribution in [0.5, 0.6) is 5.75 Å². The fourth-order valence-corrected chi connectivity index (χ4v) is 2.71. The molecule has 0 aliphatic carbocycles. The molecule has 0 aliphatic rings. The predicted octanol–water partition coefficient (Wildman–Crippen LogP) is 3.85. The highest BCUT2D eigenvalue weighted by molar-refractivity contribution is 7.98. The fraction of sp³-hybridized carbons (Fsp3) is 0.385. The van der Waals surface area contributed by atoms with E-state index in [2.05, 4.69) is 18.7 Å². The van der Waals surface area contributed by atoms with Crippen LogP contribution in [0.2, 0.25) is 0 Å². The van der Waals surface area contributed by atoms with E-state index in [1.807, 2.05) is 18.6 Å². The lowest BCUT2D eigenvalue weighted by molar-refractivity contribution is 0.465. The molecule has 0 heterocycles. The molecule has 0 saturated carbocycles. The maximum Gasteiger partial charge on any atom is 0.123 e. The minimum atomic E-state index is 0.469. The average molecular weight is 254 g/mol. The Balaban J connectivity index is 3.09. The number of allylic oxidation sites excluding steroid dienone is 1. The Labute approximate surface area is 106 Å². The van der Waals surface area contributed by atoms with Crippen molar-refractivity contribution in [3.63, 3.8) is 0 Å². The zero-order chi connectivity index (χ0) is 12.0. The second kappa shape index (κ2) is 6.92. The van der Waals surface area contributed by atoms with Gasteiger partial charge in [0.2, 0.25) is 0 Å². The summed E-state index contributed by atoms with van der Waals surface area (Å²) in [4.78, 5) is 0. The van der Waals surface area contributed by atoms with E-state index >= 15 is 0 Å². The summed E-state index contributed by atoms with van der Waals surface area (Å²) < 4.78 is 0. The van der Waals surface area contributed by atoms with E-state index in [0.717, 1.165) is 29.1 Å². The van der Waals surface area contributed by atoms with Gasteiger partial charge in [-0.15, -0.1) is 6.58 Å². The highest BCUT2D eigenvalue weighted by Gasteiger charge is 2.08. The van der Waals surface area contributed by atoms with Crippen LogP contribution in [-0.2, 0) is 17.9 Å². The topological polar surface area (TPSA) is 20.2 Å². The fourth-order valence-electron chi connectivity index (χ4n) is 1.65. The summed E-state index contributed by atoms with van der Waals surface area (Å²) in [5, 5.41) is 10.1. The molecule has 0 spiro atoms. The van der Waals surface area contributed by atoms with E-state index in [9.17, 15) is 5.11 Å². The van der Waals surface area contributed by atoms with Crippen LogP contribution in [0.25, 0.3) is 0 Å². The molecule has 3 heteroatoms. The third kappa shape index (κ3) is 3.49. The molecular formula is C13H18OS2. The molecular weight excluding hydrogens is 236 g/mol. The molecule has 1 aromatic carbocycles. The van der Waals surface area contributed by atoms with E-state index in [4.69, 9.17) is 0 Å². The Morgan fingerprint density at radius 3 is 2.06 bits per heavy atom. The monoisotopic (exact) mass is 254 g/mol. The summed E-state index contributed by atoms with van der Waals surface area (Å²) in [6.45, 7) is 3.76. The van der Waals surface area contributed by atoms with Gasteiger partial charge in [-0.3, -0.25) is 0 Å². The van der Waals surface area contributed by atoms with Crippen LogP contribution in [0.3, 0.4) is 0 Å². The molecule has 1 rings (SSSR count). The number of hydrogen-bond acceptors (Lipinski definition) is 3. The van der Waals surface area contributed by atoms with Gasteiger partial charge in [0.1, 0.15) is 5.75 Å². The van der Waals surface area contributed by atoms with E-state index in [1.165, 1.54) is 5.56 Å². The molecule has 1 aromatic rings. The number of benzene rings is 1. The lowest BCUT2D eigenvalue weighted by Crippen LogP contribution is -1.93. The van der Waals surface area contributed by atoms with Gasteiger partial charge in [-0.05, 0) is 24.5 Å². The summed E-state index contributed by atoms with van der Waals surface area (Å²) >= 11 is 3.46. The first-order valence-corrected chi connectivity index (χ1v) is 7.94. The molecule has 0 aromatic heterocycles. The Hall–Kier alpha value is -0.540. The van der Waals surface area contributed by atoms with Crippen molar-refractivity contribution in [1.82, 2.24) is 0 Å². The van der Waals surface area contributed by atoms with Gasteiger partial charge in [-0.2, -0.15) is 23.5 Å². The molecule has 0 amide bonds. The summed E-state index contributed by atoms with van der Waals surface area (Å²) in [5.41, 5.74) is 3.31. The smallest absolute Gasteiger partial charge is 0.123 e. The van der Waals surface area contributed by atoms with Gasteiger partial charge in [0.25, 0.3) is 0 Å². The molecule has 0 bridgehead atoms. The lowest BCUT2D eigenvalue weighted by Gasteiger charge is -2.11.